The van der Waals surface area contributed by atoms with Crippen molar-refractivity contribution in [3.63, 3.8) is 0 Å². The van der Waals surface area contributed by atoms with Crippen molar-refractivity contribution in [2.24, 2.45) is 0 Å². The fourth-order valence-corrected chi connectivity index (χ4v) is 3.05. The molecule has 5 heteroatoms. The van der Waals surface area contributed by atoms with Gasteiger partial charge in [-0.05, 0) is 24.0 Å². The van der Waals surface area contributed by atoms with Crippen molar-refractivity contribution in [2.45, 2.75) is 39.2 Å². The normalized spacial score (nSPS) is 12.2. The van der Waals surface area contributed by atoms with Gasteiger partial charge in [0.05, 0.1) is 17.2 Å². The number of aromatic nitrogens is 1. The van der Waals surface area contributed by atoms with Crippen LogP contribution in [0.4, 0.5) is 4.39 Å². The highest BCUT2D eigenvalue weighted by molar-refractivity contribution is 7.09. The van der Waals surface area contributed by atoms with Crippen molar-refractivity contribution >= 4 is 17.2 Å². The molecule has 0 aliphatic carbocycles. The summed E-state index contributed by atoms with van der Waals surface area (Å²) in [6.07, 6.45) is 1.20. The van der Waals surface area contributed by atoms with Gasteiger partial charge in [-0.15, -0.1) is 11.3 Å². The van der Waals surface area contributed by atoms with Crippen LogP contribution in [0.1, 0.15) is 42.5 Å². The first-order chi connectivity index (χ1) is 10.5. The average Bonchev–Trinajstić information content (AvgIpc) is 2.95. The predicted molar refractivity (Wildman–Crippen MR) is 87.4 cm³/mol. The molecule has 1 heterocycles. The van der Waals surface area contributed by atoms with Crippen molar-refractivity contribution < 1.29 is 9.18 Å². The number of carbonyl (C=O) groups excluding carboxylic acids is 1. The first-order valence-electron chi connectivity index (χ1n) is 7.43. The van der Waals surface area contributed by atoms with Crippen LogP contribution in [0.3, 0.4) is 0 Å². The topological polar surface area (TPSA) is 33.2 Å². The molecule has 0 N–H and O–H groups in total. The summed E-state index contributed by atoms with van der Waals surface area (Å²) in [5.74, 6) is -0.392. The Morgan fingerprint density at radius 1 is 1.41 bits per heavy atom. The Hall–Kier alpha value is -1.75. The smallest absolute Gasteiger partial charge is 0.223 e. The fraction of sp³-hybridized carbons (Fsp3) is 0.412. The zero-order valence-electron chi connectivity index (χ0n) is 13.2. The molecule has 1 aromatic carbocycles. The summed E-state index contributed by atoms with van der Waals surface area (Å²) < 4.78 is 13.7. The molecule has 0 aliphatic heterocycles. The number of rotatable bonds is 6. The van der Waals surface area contributed by atoms with E-state index in [0.29, 0.717) is 18.5 Å². The average molecular weight is 320 g/mol. The van der Waals surface area contributed by atoms with Gasteiger partial charge in [-0.2, -0.15) is 0 Å². The highest BCUT2D eigenvalue weighted by Crippen LogP contribution is 2.23. The molecule has 0 aliphatic rings. The van der Waals surface area contributed by atoms with Crippen LogP contribution in [0, 0.1) is 5.82 Å². The lowest BCUT2D eigenvalue weighted by molar-refractivity contribution is -0.130. The summed E-state index contributed by atoms with van der Waals surface area (Å²) in [5.41, 5.74) is 1.50. The lowest BCUT2D eigenvalue weighted by Gasteiger charge is -2.19. The molecule has 3 nitrogen and oxygen atoms in total. The molecule has 1 atom stereocenters. The number of benzene rings is 1. The van der Waals surface area contributed by atoms with Gasteiger partial charge in [0.25, 0.3) is 0 Å². The molecule has 118 valence electrons. The lowest BCUT2D eigenvalue weighted by atomic mass is 9.96. The number of halogens is 1. The second-order valence-corrected chi connectivity index (χ2v) is 6.41. The van der Waals surface area contributed by atoms with E-state index in [1.807, 2.05) is 12.3 Å². The molecular weight excluding hydrogens is 299 g/mol. The third kappa shape index (κ3) is 4.13. The number of thiazole rings is 1. The summed E-state index contributed by atoms with van der Waals surface area (Å²) in [7, 11) is 1.77. The van der Waals surface area contributed by atoms with Gasteiger partial charge < -0.3 is 4.90 Å². The van der Waals surface area contributed by atoms with E-state index >= 15 is 0 Å². The van der Waals surface area contributed by atoms with Crippen molar-refractivity contribution in [1.29, 1.82) is 0 Å². The number of nitrogens with zero attached hydrogens (tertiary/aromatic N) is 2. The molecule has 0 saturated carbocycles. The van der Waals surface area contributed by atoms with Gasteiger partial charge in [-0.1, -0.05) is 32.0 Å². The molecule has 2 rings (SSSR count). The van der Waals surface area contributed by atoms with Gasteiger partial charge in [-0.3, -0.25) is 4.79 Å². The maximum Gasteiger partial charge on any atom is 0.223 e. The summed E-state index contributed by atoms with van der Waals surface area (Å²) in [6.45, 7) is 4.44. The Morgan fingerprint density at radius 2 is 2.14 bits per heavy atom. The van der Waals surface area contributed by atoms with Crippen molar-refractivity contribution in [2.75, 3.05) is 7.05 Å². The quantitative estimate of drug-likeness (QED) is 0.806. The molecule has 0 unspecified atom stereocenters. The number of hydrogen-bond donors (Lipinski definition) is 0. The van der Waals surface area contributed by atoms with E-state index in [0.717, 1.165) is 17.1 Å². The van der Waals surface area contributed by atoms with Crippen LogP contribution in [-0.2, 0) is 17.8 Å². The minimum atomic E-state index is -0.252. The Bertz CT molecular complexity index is 641. The zero-order chi connectivity index (χ0) is 16.1. The van der Waals surface area contributed by atoms with Crippen LogP contribution in [0.25, 0.3) is 0 Å². The van der Waals surface area contributed by atoms with Crippen LogP contribution in [0.2, 0.25) is 0 Å². The standard InChI is InChI=1S/C17H21FN2OS/c1-4-16-19-13(11-22-16)10-20(3)17(21)9-12(2)14-7-5-6-8-15(14)18/h5-8,11-12H,4,9-10H2,1-3H3/t12-/m1/s1. The van der Waals surface area contributed by atoms with E-state index in [1.165, 1.54) is 6.07 Å². The lowest BCUT2D eigenvalue weighted by Crippen LogP contribution is -2.27. The number of aryl methyl sites for hydroxylation is 1. The van der Waals surface area contributed by atoms with Gasteiger partial charge in [-0.25, -0.2) is 9.37 Å². The largest absolute Gasteiger partial charge is 0.340 e. The number of carbonyl (C=O) groups is 1. The molecule has 2 aromatic rings. The van der Waals surface area contributed by atoms with E-state index in [1.54, 1.807) is 41.5 Å². The second-order valence-electron chi connectivity index (χ2n) is 5.46. The van der Waals surface area contributed by atoms with Crippen molar-refractivity contribution in [3.05, 3.63) is 51.7 Å². The molecule has 0 radical (unpaired) electrons. The van der Waals surface area contributed by atoms with Gasteiger partial charge in [0, 0.05) is 18.8 Å². The Balaban J connectivity index is 1.95. The SMILES string of the molecule is CCc1nc(CN(C)C(=O)C[C@@H](C)c2ccccc2F)cs1. The monoisotopic (exact) mass is 320 g/mol. The molecular formula is C17H21FN2OS. The van der Waals surface area contributed by atoms with E-state index < -0.39 is 0 Å². The third-order valence-corrected chi connectivity index (χ3v) is 4.69. The molecule has 22 heavy (non-hydrogen) atoms. The molecule has 0 fully saturated rings. The maximum atomic E-state index is 13.7. The van der Waals surface area contributed by atoms with Crippen LogP contribution >= 0.6 is 11.3 Å². The van der Waals surface area contributed by atoms with E-state index in [9.17, 15) is 9.18 Å². The van der Waals surface area contributed by atoms with Gasteiger partial charge >= 0.3 is 0 Å². The third-order valence-electron chi connectivity index (χ3n) is 3.64. The highest BCUT2D eigenvalue weighted by Gasteiger charge is 2.18. The summed E-state index contributed by atoms with van der Waals surface area (Å²) in [6, 6.07) is 6.63. The van der Waals surface area contributed by atoms with E-state index in [4.69, 9.17) is 0 Å². The van der Waals surface area contributed by atoms with E-state index in [-0.39, 0.29) is 17.6 Å². The molecule has 1 amide bonds. The fourth-order valence-electron chi connectivity index (χ4n) is 2.32. The van der Waals surface area contributed by atoms with Crippen LogP contribution in [0.15, 0.2) is 29.6 Å². The Kier molecular flexibility index (Phi) is 5.66. The first kappa shape index (κ1) is 16.6. The van der Waals surface area contributed by atoms with Gasteiger partial charge in [0.2, 0.25) is 5.91 Å². The van der Waals surface area contributed by atoms with Gasteiger partial charge in [0.1, 0.15) is 5.82 Å². The molecule has 0 saturated heterocycles. The van der Waals surface area contributed by atoms with Crippen LogP contribution in [0.5, 0.6) is 0 Å². The minimum Gasteiger partial charge on any atom is -0.340 e. The van der Waals surface area contributed by atoms with Gasteiger partial charge in [0.15, 0.2) is 0 Å². The Labute approximate surface area is 134 Å². The zero-order valence-corrected chi connectivity index (χ0v) is 14.0. The predicted octanol–water partition coefficient (Wildman–Crippen LogP) is 4.00. The van der Waals surface area contributed by atoms with Crippen molar-refractivity contribution in [3.8, 4) is 0 Å². The Morgan fingerprint density at radius 3 is 2.77 bits per heavy atom. The molecule has 0 bridgehead atoms. The maximum absolute atomic E-state index is 13.7. The molecule has 1 aromatic heterocycles. The number of amides is 1. The first-order valence-corrected chi connectivity index (χ1v) is 8.30. The highest BCUT2D eigenvalue weighted by atomic mass is 32.1. The van der Waals surface area contributed by atoms with Crippen LogP contribution in [-0.4, -0.2) is 22.8 Å². The number of hydrogen-bond acceptors (Lipinski definition) is 3. The van der Waals surface area contributed by atoms with E-state index in [2.05, 4.69) is 11.9 Å². The summed E-state index contributed by atoms with van der Waals surface area (Å²) in [4.78, 5) is 18.4. The molecule has 0 spiro atoms. The van der Waals surface area contributed by atoms with Crippen LogP contribution < -0.4 is 0 Å². The van der Waals surface area contributed by atoms with Crippen molar-refractivity contribution in [1.82, 2.24) is 9.88 Å². The second kappa shape index (κ2) is 7.49. The summed E-state index contributed by atoms with van der Waals surface area (Å²) in [5, 5.41) is 3.07. The summed E-state index contributed by atoms with van der Waals surface area (Å²) >= 11 is 1.62. The minimum absolute atomic E-state index is 0.00167.